The van der Waals surface area contributed by atoms with Crippen LogP contribution in [0.2, 0.25) is 0 Å². The first kappa shape index (κ1) is 7.81. The first-order valence-corrected chi connectivity index (χ1v) is 3.42. The lowest BCUT2D eigenvalue weighted by Gasteiger charge is -1.98. The zero-order chi connectivity index (χ0) is 8.27. The topological polar surface area (TPSA) is 0 Å². The number of terminal acetylenes is 1. The Hall–Kier alpha value is -1.29. The number of halogens is 1. The molecule has 0 atom stereocenters. The van der Waals surface area contributed by atoms with E-state index in [1.165, 1.54) is 6.07 Å². The second-order valence-electron chi connectivity index (χ2n) is 2.48. The molecule has 0 heterocycles. The lowest BCUT2D eigenvalue weighted by molar-refractivity contribution is 0.614. The third-order valence-electron chi connectivity index (χ3n) is 1.50. The van der Waals surface area contributed by atoms with Gasteiger partial charge < -0.3 is 0 Å². The van der Waals surface area contributed by atoms with Crippen molar-refractivity contribution in [2.45, 2.75) is 13.3 Å². The van der Waals surface area contributed by atoms with E-state index in [2.05, 4.69) is 5.92 Å². The van der Waals surface area contributed by atoms with Crippen LogP contribution in [0, 0.1) is 25.1 Å². The molecule has 0 saturated heterocycles. The Morgan fingerprint density at radius 3 is 2.82 bits per heavy atom. The summed E-state index contributed by atoms with van der Waals surface area (Å²) >= 11 is 0. The number of hydrogen-bond acceptors (Lipinski definition) is 0. The second-order valence-corrected chi connectivity index (χ2v) is 2.48. The number of aryl methyl sites for hydroxylation is 1. The Morgan fingerprint density at radius 1 is 1.55 bits per heavy atom. The fourth-order valence-electron chi connectivity index (χ4n) is 0.906. The van der Waals surface area contributed by atoms with Gasteiger partial charge in [-0.15, -0.1) is 12.3 Å². The van der Waals surface area contributed by atoms with Gasteiger partial charge in [0, 0.05) is 6.42 Å². The van der Waals surface area contributed by atoms with Crippen LogP contribution >= 0.6 is 0 Å². The summed E-state index contributed by atoms with van der Waals surface area (Å²) < 4.78 is 12.9. The second kappa shape index (κ2) is 3.21. The van der Waals surface area contributed by atoms with Gasteiger partial charge >= 0.3 is 0 Å². The average molecular weight is 148 g/mol. The summed E-state index contributed by atoms with van der Waals surface area (Å²) in [4.78, 5) is 0. The van der Waals surface area contributed by atoms with E-state index in [9.17, 15) is 4.39 Å². The number of rotatable bonds is 1. The van der Waals surface area contributed by atoms with Crippen LogP contribution in [-0.4, -0.2) is 0 Å². The van der Waals surface area contributed by atoms with Gasteiger partial charge in [-0.05, 0) is 24.1 Å². The monoisotopic (exact) mass is 148 g/mol. The van der Waals surface area contributed by atoms with E-state index in [4.69, 9.17) is 6.42 Å². The van der Waals surface area contributed by atoms with Gasteiger partial charge in [-0.1, -0.05) is 12.1 Å². The highest BCUT2D eigenvalue weighted by Gasteiger charge is 1.98. The molecule has 0 radical (unpaired) electrons. The zero-order valence-corrected chi connectivity index (χ0v) is 6.39. The molecule has 11 heavy (non-hydrogen) atoms. The highest BCUT2D eigenvalue weighted by Crippen LogP contribution is 2.09. The molecule has 0 nitrogen and oxygen atoms in total. The van der Waals surface area contributed by atoms with Crippen LogP contribution in [0.4, 0.5) is 4.39 Å². The van der Waals surface area contributed by atoms with Crippen molar-refractivity contribution < 1.29 is 4.39 Å². The van der Waals surface area contributed by atoms with Crippen molar-refractivity contribution in [3.63, 3.8) is 0 Å². The van der Waals surface area contributed by atoms with Crippen LogP contribution in [-0.2, 0) is 6.42 Å². The van der Waals surface area contributed by atoms with E-state index in [1.54, 1.807) is 6.07 Å². The SMILES string of the molecule is C#CCc1ccc(C)cc1F. The normalized spacial score (nSPS) is 9.18. The quantitative estimate of drug-likeness (QED) is 0.536. The van der Waals surface area contributed by atoms with Crippen LogP contribution in [0.3, 0.4) is 0 Å². The maximum atomic E-state index is 12.9. The van der Waals surface area contributed by atoms with E-state index in [1.807, 2.05) is 13.0 Å². The van der Waals surface area contributed by atoms with Crippen molar-refractivity contribution in [3.8, 4) is 12.3 Å². The summed E-state index contributed by atoms with van der Waals surface area (Å²) in [5.41, 5.74) is 1.52. The molecule has 56 valence electrons. The molecular weight excluding hydrogens is 139 g/mol. The largest absolute Gasteiger partial charge is 0.207 e. The Balaban J connectivity index is 3.01. The van der Waals surface area contributed by atoms with Gasteiger partial charge in [0.05, 0.1) is 0 Å². The molecule has 0 aliphatic carbocycles. The summed E-state index contributed by atoms with van der Waals surface area (Å²) in [6.45, 7) is 1.85. The standard InChI is InChI=1S/C10H9F/c1-3-4-9-6-5-8(2)7-10(9)11/h1,5-7H,4H2,2H3. The third-order valence-corrected chi connectivity index (χ3v) is 1.50. The fourth-order valence-corrected chi connectivity index (χ4v) is 0.906. The molecule has 1 rings (SSSR count). The molecule has 0 saturated carbocycles. The highest BCUT2D eigenvalue weighted by molar-refractivity contribution is 5.26. The summed E-state index contributed by atoms with van der Waals surface area (Å²) in [6, 6.07) is 5.08. The predicted molar refractivity (Wildman–Crippen MR) is 43.7 cm³/mol. The van der Waals surface area contributed by atoms with E-state index < -0.39 is 0 Å². The van der Waals surface area contributed by atoms with E-state index in [0.717, 1.165) is 5.56 Å². The van der Waals surface area contributed by atoms with E-state index >= 15 is 0 Å². The molecular formula is C10H9F. The molecule has 0 spiro atoms. The van der Waals surface area contributed by atoms with Crippen molar-refractivity contribution in [2.24, 2.45) is 0 Å². The summed E-state index contributed by atoms with van der Waals surface area (Å²) in [5.74, 6) is 2.20. The van der Waals surface area contributed by atoms with E-state index in [-0.39, 0.29) is 5.82 Å². The minimum absolute atomic E-state index is 0.206. The number of benzene rings is 1. The molecule has 0 aromatic heterocycles. The third kappa shape index (κ3) is 1.81. The molecule has 1 heteroatoms. The Bertz CT molecular complexity index is 294. The maximum Gasteiger partial charge on any atom is 0.127 e. The fraction of sp³-hybridized carbons (Fsp3) is 0.200. The zero-order valence-electron chi connectivity index (χ0n) is 6.39. The van der Waals surface area contributed by atoms with Crippen LogP contribution in [0.5, 0.6) is 0 Å². The van der Waals surface area contributed by atoms with Crippen molar-refractivity contribution in [2.75, 3.05) is 0 Å². The maximum absolute atomic E-state index is 12.9. The smallest absolute Gasteiger partial charge is 0.127 e. The van der Waals surface area contributed by atoms with Crippen molar-refractivity contribution in [1.82, 2.24) is 0 Å². The van der Waals surface area contributed by atoms with Gasteiger partial charge in [0.1, 0.15) is 5.82 Å². The molecule has 0 aliphatic rings. The van der Waals surface area contributed by atoms with Crippen LogP contribution in [0.15, 0.2) is 18.2 Å². The molecule has 0 amide bonds. The molecule has 1 aromatic carbocycles. The van der Waals surface area contributed by atoms with Gasteiger partial charge in [0.15, 0.2) is 0 Å². The number of hydrogen-bond donors (Lipinski definition) is 0. The summed E-state index contributed by atoms with van der Waals surface area (Å²) in [7, 11) is 0. The first-order valence-electron chi connectivity index (χ1n) is 3.42. The minimum atomic E-state index is -0.206. The van der Waals surface area contributed by atoms with Gasteiger partial charge in [-0.3, -0.25) is 0 Å². The molecule has 0 N–H and O–H groups in total. The first-order chi connectivity index (χ1) is 5.24. The van der Waals surface area contributed by atoms with Crippen molar-refractivity contribution >= 4 is 0 Å². The lowest BCUT2D eigenvalue weighted by Crippen LogP contribution is -1.88. The summed E-state index contributed by atoms with van der Waals surface area (Å²) in [6.07, 6.45) is 5.42. The van der Waals surface area contributed by atoms with Gasteiger partial charge in [-0.2, -0.15) is 0 Å². The van der Waals surface area contributed by atoms with Crippen molar-refractivity contribution in [3.05, 3.63) is 35.1 Å². The molecule has 0 aliphatic heterocycles. The Labute approximate surface area is 66.1 Å². The summed E-state index contributed by atoms with van der Waals surface area (Å²) in [5, 5.41) is 0. The van der Waals surface area contributed by atoms with Gasteiger partial charge in [-0.25, -0.2) is 4.39 Å². The lowest BCUT2D eigenvalue weighted by atomic mass is 10.1. The van der Waals surface area contributed by atoms with Crippen LogP contribution in [0.25, 0.3) is 0 Å². The van der Waals surface area contributed by atoms with Crippen LogP contribution in [0.1, 0.15) is 11.1 Å². The molecule has 1 aromatic rings. The average Bonchev–Trinajstić information content (AvgIpc) is 1.95. The molecule has 0 bridgehead atoms. The van der Waals surface area contributed by atoms with Crippen LogP contribution < -0.4 is 0 Å². The predicted octanol–water partition coefficient (Wildman–Crippen LogP) is 2.31. The molecule has 0 unspecified atom stereocenters. The van der Waals surface area contributed by atoms with Gasteiger partial charge in [0.25, 0.3) is 0 Å². The Kier molecular flexibility index (Phi) is 2.28. The highest BCUT2D eigenvalue weighted by atomic mass is 19.1. The van der Waals surface area contributed by atoms with Gasteiger partial charge in [0.2, 0.25) is 0 Å². The Morgan fingerprint density at radius 2 is 2.27 bits per heavy atom. The van der Waals surface area contributed by atoms with Crippen molar-refractivity contribution in [1.29, 1.82) is 0 Å². The molecule has 0 fully saturated rings. The minimum Gasteiger partial charge on any atom is -0.207 e. The van der Waals surface area contributed by atoms with E-state index in [0.29, 0.717) is 12.0 Å².